The lowest BCUT2D eigenvalue weighted by Crippen LogP contribution is -2.54. The van der Waals surface area contributed by atoms with E-state index in [1.54, 1.807) is 24.4 Å². The van der Waals surface area contributed by atoms with Crippen molar-refractivity contribution in [2.45, 2.75) is 0 Å². The van der Waals surface area contributed by atoms with Crippen molar-refractivity contribution in [3.63, 3.8) is 0 Å². The van der Waals surface area contributed by atoms with Gasteiger partial charge in [-0.1, -0.05) is 0 Å². The van der Waals surface area contributed by atoms with Gasteiger partial charge in [0.2, 0.25) is 0 Å². The van der Waals surface area contributed by atoms with Crippen molar-refractivity contribution < 1.29 is 4.92 Å². The molecule has 0 saturated carbocycles. The summed E-state index contributed by atoms with van der Waals surface area (Å²) in [5.74, 6) is 0.664. The Morgan fingerprint density at radius 1 is 1.20 bits per heavy atom. The molecule has 0 aliphatic carbocycles. The number of pyridine rings is 1. The number of nitrogens with zero attached hydrogens (tertiary/aromatic N) is 5. The number of anilines is 1. The summed E-state index contributed by atoms with van der Waals surface area (Å²) >= 11 is 0. The van der Waals surface area contributed by atoms with E-state index in [9.17, 15) is 10.1 Å². The van der Waals surface area contributed by atoms with Crippen LogP contribution in [0.25, 0.3) is 10.9 Å². The SMILES string of the molecule is CN1CCN(CC2CN(c3ccc([N+](=O)[O-])c4cccnc34)C2)CC1. The zero-order chi connectivity index (χ0) is 17.4. The van der Waals surface area contributed by atoms with Crippen LogP contribution < -0.4 is 4.90 Å². The quantitative estimate of drug-likeness (QED) is 0.624. The molecule has 2 fully saturated rings. The molecule has 0 spiro atoms. The Morgan fingerprint density at radius 2 is 1.96 bits per heavy atom. The number of piperazine rings is 1. The number of hydrogen-bond donors (Lipinski definition) is 0. The molecule has 0 bridgehead atoms. The molecule has 0 unspecified atom stereocenters. The summed E-state index contributed by atoms with van der Waals surface area (Å²) in [5, 5.41) is 11.8. The van der Waals surface area contributed by atoms with Crippen LogP contribution in [0, 0.1) is 16.0 Å². The van der Waals surface area contributed by atoms with E-state index in [0.29, 0.717) is 11.3 Å². The first-order valence-electron chi connectivity index (χ1n) is 8.80. The van der Waals surface area contributed by atoms with Crippen molar-refractivity contribution >= 4 is 22.3 Å². The van der Waals surface area contributed by atoms with Crippen LogP contribution in [0.2, 0.25) is 0 Å². The van der Waals surface area contributed by atoms with Gasteiger partial charge in [-0.05, 0) is 25.2 Å². The van der Waals surface area contributed by atoms with Crippen molar-refractivity contribution in [1.29, 1.82) is 0 Å². The third kappa shape index (κ3) is 3.17. The minimum Gasteiger partial charge on any atom is -0.369 e. The summed E-state index contributed by atoms with van der Waals surface area (Å²) in [6.07, 6.45) is 1.71. The zero-order valence-electron chi connectivity index (χ0n) is 14.5. The van der Waals surface area contributed by atoms with Crippen molar-refractivity contribution in [1.82, 2.24) is 14.8 Å². The number of fused-ring (bicyclic) bond motifs is 1. The lowest BCUT2D eigenvalue weighted by Gasteiger charge is -2.44. The van der Waals surface area contributed by atoms with Crippen LogP contribution in [-0.4, -0.2) is 72.6 Å². The third-order valence-electron chi connectivity index (χ3n) is 5.33. The largest absolute Gasteiger partial charge is 0.369 e. The molecule has 2 aliphatic heterocycles. The van der Waals surface area contributed by atoms with Crippen molar-refractivity contribution in [3.8, 4) is 0 Å². The lowest BCUT2D eigenvalue weighted by atomic mass is 9.97. The smallest absolute Gasteiger partial charge is 0.278 e. The Kier molecular flexibility index (Phi) is 4.27. The normalized spacial score (nSPS) is 20.0. The molecule has 3 heterocycles. The first-order valence-corrected chi connectivity index (χ1v) is 8.80. The predicted octanol–water partition coefficient (Wildman–Crippen LogP) is 1.83. The molecule has 132 valence electrons. The van der Waals surface area contributed by atoms with Gasteiger partial charge in [0.05, 0.1) is 16.0 Å². The van der Waals surface area contributed by atoms with Gasteiger partial charge < -0.3 is 14.7 Å². The van der Waals surface area contributed by atoms with E-state index in [1.165, 1.54) is 0 Å². The monoisotopic (exact) mass is 341 g/mol. The van der Waals surface area contributed by atoms with E-state index in [-0.39, 0.29) is 10.6 Å². The Hall–Kier alpha value is -2.25. The van der Waals surface area contributed by atoms with E-state index < -0.39 is 0 Å². The third-order valence-corrected chi connectivity index (χ3v) is 5.33. The second-order valence-corrected chi connectivity index (χ2v) is 7.14. The molecule has 25 heavy (non-hydrogen) atoms. The molecule has 0 amide bonds. The van der Waals surface area contributed by atoms with Gasteiger partial charge in [0, 0.05) is 64.0 Å². The maximum absolute atomic E-state index is 11.2. The second kappa shape index (κ2) is 6.57. The van der Waals surface area contributed by atoms with E-state index >= 15 is 0 Å². The maximum Gasteiger partial charge on any atom is 0.278 e. The topological polar surface area (TPSA) is 65.8 Å². The molecular formula is C18H23N5O2. The summed E-state index contributed by atoms with van der Waals surface area (Å²) in [5.41, 5.74) is 1.87. The first kappa shape index (κ1) is 16.2. The molecule has 0 radical (unpaired) electrons. The number of hydrogen-bond acceptors (Lipinski definition) is 6. The average Bonchev–Trinajstić information content (AvgIpc) is 2.58. The number of nitro benzene ring substituents is 1. The van der Waals surface area contributed by atoms with E-state index in [0.717, 1.165) is 57.0 Å². The second-order valence-electron chi connectivity index (χ2n) is 7.14. The highest BCUT2D eigenvalue weighted by Gasteiger charge is 2.31. The van der Waals surface area contributed by atoms with Crippen LogP contribution in [-0.2, 0) is 0 Å². The zero-order valence-corrected chi connectivity index (χ0v) is 14.5. The summed E-state index contributed by atoms with van der Waals surface area (Å²) in [7, 11) is 2.18. The molecule has 7 heteroatoms. The summed E-state index contributed by atoms with van der Waals surface area (Å²) in [6.45, 7) is 7.72. The van der Waals surface area contributed by atoms with Crippen LogP contribution in [0.15, 0.2) is 30.5 Å². The van der Waals surface area contributed by atoms with Crippen molar-refractivity contribution in [2.75, 3.05) is 57.8 Å². The maximum atomic E-state index is 11.2. The van der Waals surface area contributed by atoms with Crippen molar-refractivity contribution in [3.05, 3.63) is 40.6 Å². The van der Waals surface area contributed by atoms with Gasteiger partial charge in [-0.25, -0.2) is 0 Å². The molecule has 4 rings (SSSR count). The van der Waals surface area contributed by atoms with Crippen LogP contribution in [0.3, 0.4) is 0 Å². The molecule has 1 aromatic carbocycles. The minimum absolute atomic E-state index is 0.126. The van der Waals surface area contributed by atoms with E-state index in [4.69, 9.17) is 0 Å². The van der Waals surface area contributed by atoms with Gasteiger partial charge in [-0.15, -0.1) is 0 Å². The number of benzene rings is 1. The van der Waals surface area contributed by atoms with Crippen LogP contribution in [0.4, 0.5) is 11.4 Å². The minimum atomic E-state index is -0.333. The fraction of sp³-hybridized carbons (Fsp3) is 0.500. The van der Waals surface area contributed by atoms with Crippen LogP contribution >= 0.6 is 0 Å². The summed E-state index contributed by atoms with van der Waals surface area (Å²) in [6, 6.07) is 6.99. The van der Waals surface area contributed by atoms with Crippen molar-refractivity contribution in [2.24, 2.45) is 5.92 Å². The fourth-order valence-corrected chi connectivity index (χ4v) is 3.83. The van der Waals surface area contributed by atoms with Crippen LogP contribution in [0.1, 0.15) is 0 Å². The Bertz CT molecular complexity index is 782. The molecule has 7 nitrogen and oxygen atoms in total. The van der Waals surface area contributed by atoms with Gasteiger partial charge in [-0.3, -0.25) is 15.1 Å². The Balaban J connectivity index is 1.46. The molecule has 2 aliphatic rings. The average molecular weight is 341 g/mol. The Morgan fingerprint density at radius 3 is 2.68 bits per heavy atom. The molecule has 1 aromatic heterocycles. The molecule has 0 N–H and O–H groups in total. The highest BCUT2D eigenvalue weighted by molar-refractivity contribution is 5.97. The predicted molar refractivity (Wildman–Crippen MR) is 98.0 cm³/mol. The summed E-state index contributed by atoms with van der Waals surface area (Å²) < 4.78 is 0. The molecule has 0 atom stereocenters. The molecule has 2 aromatic rings. The number of likely N-dealkylation sites (N-methyl/N-ethyl adjacent to an activating group) is 1. The van der Waals surface area contributed by atoms with Gasteiger partial charge in [-0.2, -0.15) is 0 Å². The number of non-ortho nitro benzene ring substituents is 1. The van der Waals surface area contributed by atoms with Gasteiger partial charge in [0.15, 0.2) is 0 Å². The molecular weight excluding hydrogens is 318 g/mol. The first-order chi connectivity index (χ1) is 12.1. The molecule has 2 saturated heterocycles. The summed E-state index contributed by atoms with van der Waals surface area (Å²) in [4.78, 5) is 22.5. The standard InChI is InChI=1S/C18H23N5O2/c1-20-7-9-21(10-8-20)11-14-12-22(13-14)17-5-4-16(23(24)25)15-3-2-6-19-18(15)17/h2-6,14H,7-13H2,1H3. The number of nitro groups is 1. The Labute approximate surface area is 147 Å². The number of aromatic nitrogens is 1. The van der Waals surface area contributed by atoms with Crippen LogP contribution in [0.5, 0.6) is 0 Å². The highest BCUT2D eigenvalue weighted by atomic mass is 16.6. The van der Waals surface area contributed by atoms with E-state index in [2.05, 4.69) is 26.7 Å². The van der Waals surface area contributed by atoms with Gasteiger partial charge in [0.1, 0.15) is 5.52 Å². The fourth-order valence-electron chi connectivity index (χ4n) is 3.83. The highest BCUT2D eigenvalue weighted by Crippen LogP contribution is 2.35. The van der Waals surface area contributed by atoms with E-state index in [1.807, 2.05) is 6.07 Å². The van der Waals surface area contributed by atoms with Gasteiger partial charge in [0.25, 0.3) is 5.69 Å². The van der Waals surface area contributed by atoms with Gasteiger partial charge >= 0.3 is 0 Å². The number of rotatable bonds is 4. The lowest BCUT2D eigenvalue weighted by molar-refractivity contribution is -0.383.